The molecule has 0 atom stereocenters. The summed E-state index contributed by atoms with van der Waals surface area (Å²) in [7, 11) is 9.87. The number of hydrogen-bond acceptors (Lipinski definition) is 0. The monoisotopic (exact) mass is 795 g/mol. The van der Waals surface area contributed by atoms with Crippen LogP contribution in [0.15, 0.2) is 72.8 Å². The molecule has 0 aliphatic carbocycles. The molecule has 0 radical (unpaired) electrons. The first-order valence-electron chi connectivity index (χ1n) is 18.6. The van der Waals surface area contributed by atoms with Gasteiger partial charge in [-0.1, -0.05) is 146 Å². The minimum absolute atomic E-state index is 0.826. The molecule has 0 saturated carbocycles. The fourth-order valence-corrected chi connectivity index (χ4v) is 7.63. The van der Waals surface area contributed by atoms with Crippen LogP contribution in [0.4, 0.5) is 0 Å². The van der Waals surface area contributed by atoms with Crippen molar-refractivity contribution < 1.29 is 20.8 Å². The molecule has 272 valence electrons. The van der Waals surface area contributed by atoms with Gasteiger partial charge in [-0.05, 0) is 65.5 Å². The zero-order valence-corrected chi connectivity index (χ0v) is 37.1. The van der Waals surface area contributed by atoms with Crippen LogP contribution in [0, 0.1) is 62.3 Å². The Balaban J connectivity index is 0.000000245. The fraction of sp³-hybridized carbons (Fsp3) is 0.354. The first-order valence-corrected chi connectivity index (χ1v) is 25.0. The van der Waals surface area contributed by atoms with Gasteiger partial charge in [-0.3, -0.25) is 0 Å². The molecule has 0 bridgehead atoms. The molecule has 0 aliphatic rings. The number of aryl methyl sites for hydroxylation is 10. The second kappa shape index (κ2) is 20.7. The van der Waals surface area contributed by atoms with E-state index in [1.807, 2.05) is 0 Å². The Kier molecular flexibility index (Phi) is 17.5. The molecular formula is C48H59Cl2Zr-3. The van der Waals surface area contributed by atoms with Crippen LogP contribution in [-0.4, -0.2) is 0 Å². The van der Waals surface area contributed by atoms with Crippen LogP contribution in [0.25, 0.3) is 43.8 Å². The van der Waals surface area contributed by atoms with E-state index in [0.717, 1.165) is 0 Å². The average molecular weight is 798 g/mol. The summed E-state index contributed by atoms with van der Waals surface area (Å²) < 4.78 is 0. The third-order valence-corrected chi connectivity index (χ3v) is 9.60. The van der Waals surface area contributed by atoms with Crippen LogP contribution in [0.2, 0.25) is 0 Å². The van der Waals surface area contributed by atoms with Crippen molar-refractivity contribution in [3.05, 3.63) is 135 Å². The summed E-state index contributed by atoms with van der Waals surface area (Å²) in [6.07, 6.45) is 7.43. The van der Waals surface area contributed by atoms with Gasteiger partial charge in [-0.25, -0.2) is 0 Å². The van der Waals surface area contributed by atoms with Crippen molar-refractivity contribution in [2.24, 2.45) is 0 Å². The quantitative estimate of drug-likeness (QED) is 0.135. The normalized spacial score (nSPS) is 10.6. The standard InChI is InChI=1S/2C23H27.C2H5.2ClH.Zr/c2*1-6-7-8-19-13-21-17(4)12-18(5)23(22(21)14-19)20-10-15(2)9-16(3)11-20;1-2;;;/h2*9-14H,6-8H2,1-5H3;1H2,2H3;2*1H;/q3*-1;;;+2/p-2. The number of unbranched alkanes of at least 4 members (excludes halogenated alkanes) is 2. The van der Waals surface area contributed by atoms with Gasteiger partial charge in [0.15, 0.2) is 0 Å². The summed E-state index contributed by atoms with van der Waals surface area (Å²) in [5.74, 6) is 0. The molecule has 0 aliphatic heterocycles. The van der Waals surface area contributed by atoms with E-state index in [1.165, 1.54) is 138 Å². The number of halogens is 2. The summed E-state index contributed by atoms with van der Waals surface area (Å²) in [6.45, 7) is 27.3. The molecule has 0 N–H and O–H groups in total. The van der Waals surface area contributed by atoms with Crippen molar-refractivity contribution >= 4 is 38.6 Å². The predicted molar refractivity (Wildman–Crippen MR) is 228 cm³/mol. The maximum absolute atomic E-state index is 4.93. The molecule has 6 rings (SSSR count). The van der Waals surface area contributed by atoms with E-state index in [4.69, 9.17) is 17.0 Å². The van der Waals surface area contributed by atoms with Crippen molar-refractivity contribution in [3.63, 3.8) is 0 Å². The zero-order chi connectivity index (χ0) is 37.8. The SMILES string of the molecule is CCCCc1cc2c(-c3cc(C)cc(C)c3)c(C)cc(C)c2[cH-]1.CCCCc1cc2c(-c3cc(C)cc(C)c3)c(C)cc(C)c2[cH-]1.[CH2-]C.[Cl][Zr][Cl]. The van der Waals surface area contributed by atoms with Crippen molar-refractivity contribution in [2.45, 2.75) is 115 Å². The van der Waals surface area contributed by atoms with E-state index in [-0.39, 0.29) is 0 Å². The van der Waals surface area contributed by atoms with Gasteiger partial charge in [0.25, 0.3) is 0 Å². The Hall–Kier alpha value is -2.44. The van der Waals surface area contributed by atoms with Crippen LogP contribution in [0.5, 0.6) is 0 Å². The van der Waals surface area contributed by atoms with E-state index in [9.17, 15) is 0 Å². The van der Waals surface area contributed by atoms with Crippen molar-refractivity contribution in [1.82, 2.24) is 0 Å². The molecule has 0 nitrogen and oxygen atoms in total. The molecule has 0 fully saturated rings. The Morgan fingerprint density at radius 3 is 1.10 bits per heavy atom. The molecule has 0 aromatic heterocycles. The molecule has 0 amide bonds. The van der Waals surface area contributed by atoms with Crippen molar-refractivity contribution in [3.8, 4) is 22.3 Å². The summed E-state index contributed by atoms with van der Waals surface area (Å²) in [6, 6.07) is 28.2. The van der Waals surface area contributed by atoms with Gasteiger partial charge in [-0.15, -0.1) is 55.9 Å². The molecule has 0 saturated heterocycles. The molecule has 0 unspecified atom stereocenters. The van der Waals surface area contributed by atoms with E-state index in [0.29, 0.717) is 0 Å². The van der Waals surface area contributed by atoms with Crippen LogP contribution >= 0.6 is 17.0 Å². The van der Waals surface area contributed by atoms with Crippen molar-refractivity contribution in [2.75, 3.05) is 0 Å². The second-order valence-electron chi connectivity index (χ2n) is 14.2. The number of hydrogen-bond donors (Lipinski definition) is 0. The Bertz CT molecular complexity index is 1830. The van der Waals surface area contributed by atoms with Crippen LogP contribution in [0.3, 0.4) is 0 Å². The summed E-state index contributed by atoms with van der Waals surface area (Å²) in [4.78, 5) is 0. The van der Waals surface area contributed by atoms with E-state index < -0.39 is 20.8 Å². The van der Waals surface area contributed by atoms with Crippen LogP contribution in [-0.2, 0) is 33.7 Å². The average Bonchev–Trinajstić information content (AvgIpc) is 3.69. The Morgan fingerprint density at radius 1 is 0.490 bits per heavy atom. The van der Waals surface area contributed by atoms with Gasteiger partial charge in [0.05, 0.1) is 0 Å². The van der Waals surface area contributed by atoms with Crippen LogP contribution < -0.4 is 0 Å². The second-order valence-corrected chi connectivity index (χ2v) is 17.9. The van der Waals surface area contributed by atoms with Gasteiger partial charge in [0, 0.05) is 0 Å². The summed E-state index contributed by atoms with van der Waals surface area (Å²) in [5.41, 5.74) is 19.4. The molecule has 0 heterocycles. The van der Waals surface area contributed by atoms with E-state index in [1.54, 1.807) is 6.92 Å². The summed E-state index contributed by atoms with van der Waals surface area (Å²) in [5, 5.41) is 5.71. The Labute approximate surface area is 329 Å². The van der Waals surface area contributed by atoms with Gasteiger partial charge in [-0.2, -0.15) is 19.1 Å². The number of benzene rings is 4. The van der Waals surface area contributed by atoms with Crippen LogP contribution in [0.1, 0.15) is 102 Å². The third kappa shape index (κ3) is 11.3. The Morgan fingerprint density at radius 2 is 0.804 bits per heavy atom. The minimum atomic E-state index is -0.826. The van der Waals surface area contributed by atoms with Crippen molar-refractivity contribution in [1.29, 1.82) is 0 Å². The first kappa shape index (κ1) is 43.0. The molecule has 51 heavy (non-hydrogen) atoms. The number of rotatable bonds is 8. The maximum atomic E-state index is 4.93. The number of fused-ring (bicyclic) bond motifs is 2. The van der Waals surface area contributed by atoms with E-state index >= 15 is 0 Å². The molecule has 3 heteroatoms. The topological polar surface area (TPSA) is 0 Å². The molecule has 0 spiro atoms. The predicted octanol–water partition coefficient (Wildman–Crippen LogP) is 15.8. The van der Waals surface area contributed by atoms with Gasteiger partial charge in [0.2, 0.25) is 0 Å². The zero-order valence-electron chi connectivity index (χ0n) is 33.1. The van der Waals surface area contributed by atoms with Gasteiger partial charge < -0.3 is 6.92 Å². The first-order chi connectivity index (χ1) is 24.4. The van der Waals surface area contributed by atoms with E-state index in [2.05, 4.69) is 149 Å². The van der Waals surface area contributed by atoms with Gasteiger partial charge in [0.1, 0.15) is 0 Å². The molecular weight excluding hydrogens is 739 g/mol. The summed E-state index contributed by atoms with van der Waals surface area (Å²) >= 11 is -0.826. The molecule has 6 aromatic rings. The third-order valence-electron chi connectivity index (χ3n) is 9.60. The van der Waals surface area contributed by atoms with Gasteiger partial charge >= 0.3 is 37.9 Å². The fourth-order valence-electron chi connectivity index (χ4n) is 7.63. The molecule has 6 aromatic carbocycles.